The molecule has 3 nitrogen and oxygen atoms in total. The molecule has 1 heterocycles. The number of hydrogen-bond acceptors (Lipinski definition) is 2. The average molecular weight is 312 g/mol. The summed E-state index contributed by atoms with van der Waals surface area (Å²) in [6.45, 7) is 3.10. The van der Waals surface area contributed by atoms with Crippen molar-refractivity contribution in [3.8, 4) is 11.1 Å². The van der Waals surface area contributed by atoms with Crippen molar-refractivity contribution in [2.45, 2.75) is 13.3 Å². The average Bonchev–Trinajstić information content (AvgIpc) is 3.08. The lowest BCUT2D eigenvalue weighted by molar-refractivity contribution is 0.886. The summed E-state index contributed by atoms with van der Waals surface area (Å²) < 4.78 is 0. The summed E-state index contributed by atoms with van der Waals surface area (Å²) in [5.41, 5.74) is 4.42. The number of rotatable bonds is 5. The zero-order valence-corrected chi connectivity index (χ0v) is 13.2. The van der Waals surface area contributed by atoms with Gasteiger partial charge in [0, 0.05) is 24.0 Å². The molecule has 0 fully saturated rings. The number of hydrogen-bond donors (Lipinski definition) is 1. The van der Waals surface area contributed by atoms with E-state index in [0.29, 0.717) is 0 Å². The van der Waals surface area contributed by atoms with Gasteiger partial charge in [-0.3, -0.25) is 5.10 Å². The molecule has 112 valence electrons. The first kappa shape index (κ1) is 14.7. The molecule has 22 heavy (non-hydrogen) atoms. The van der Waals surface area contributed by atoms with Gasteiger partial charge in [0.25, 0.3) is 0 Å². The van der Waals surface area contributed by atoms with E-state index < -0.39 is 0 Å². The largest absolute Gasteiger partial charge is 0.340 e. The van der Waals surface area contributed by atoms with Crippen LogP contribution in [-0.2, 0) is 0 Å². The SMILES string of the molecule is CCCN(c1ccc(-c2cn[nH]c2)cc1)c1ccccc1Cl. The molecule has 0 atom stereocenters. The maximum atomic E-state index is 6.36. The second-order valence-corrected chi connectivity index (χ2v) is 5.54. The maximum Gasteiger partial charge on any atom is 0.0643 e. The molecule has 0 aliphatic carbocycles. The Balaban J connectivity index is 1.94. The van der Waals surface area contributed by atoms with E-state index in [0.717, 1.165) is 40.5 Å². The zero-order chi connectivity index (χ0) is 15.4. The monoisotopic (exact) mass is 311 g/mol. The van der Waals surface area contributed by atoms with Crippen molar-refractivity contribution in [1.82, 2.24) is 10.2 Å². The molecule has 0 unspecified atom stereocenters. The van der Waals surface area contributed by atoms with E-state index in [-0.39, 0.29) is 0 Å². The Hall–Kier alpha value is -2.26. The summed E-state index contributed by atoms with van der Waals surface area (Å²) in [7, 11) is 0. The van der Waals surface area contributed by atoms with Crippen LogP contribution in [0.15, 0.2) is 60.9 Å². The first-order valence-corrected chi connectivity index (χ1v) is 7.78. The van der Waals surface area contributed by atoms with E-state index in [4.69, 9.17) is 11.6 Å². The van der Waals surface area contributed by atoms with Crippen LogP contribution >= 0.6 is 11.6 Å². The molecule has 0 saturated carbocycles. The lowest BCUT2D eigenvalue weighted by Crippen LogP contribution is -2.18. The van der Waals surface area contributed by atoms with Gasteiger partial charge in [0.15, 0.2) is 0 Å². The predicted molar refractivity (Wildman–Crippen MR) is 92.8 cm³/mol. The Morgan fingerprint density at radius 3 is 2.45 bits per heavy atom. The molecule has 0 aliphatic rings. The molecule has 4 heteroatoms. The molecule has 3 aromatic rings. The normalized spacial score (nSPS) is 10.6. The van der Waals surface area contributed by atoms with Crippen LogP contribution in [0.25, 0.3) is 11.1 Å². The molecule has 1 N–H and O–H groups in total. The van der Waals surface area contributed by atoms with Crippen LogP contribution in [-0.4, -0.2) is 16.7 Å². The third kappa shape index (κ3) is 3.00. The second-order valence-electron chi connectivity index (χ2n) is 5.14. The number of aromatic nitrogens is 2. The summed E-state index contributed by atoms with van der Waals surface area (Å²) in [5, 5.41) is 7.61. The fourth-order valence-corrected chi connectivity index (χ4v) is 2.76. The van der Waals surface area contributed by atoms with Crippen molar-refractivity contribution in [3.63, 3.8) is 0 Å². The zero-order valence-electron chi connectivity index (χ0n) is 12.5. The van der Waals surface area contributed by atoms with Crippen molar-refractivity contribution < 1.29 is 0 Å². The summed E-state index contributed by atoms with van der Waals surface area (Å²) in [6.07, 6.45) is 4.77. The smallest absolute Gasteiger partial charge is 0.0643 e. The molecule has 0 saturated heterocycles. The van der Waals surface area contributed by atoms with E-state index in [1.165, 1.54) is 0 Å². The van der Waals surface area contributed by atoms with E-state index in [9.17, 15) is 0 Å². The predicted octanol–water partition coefficient (Wildman–Crippen LogP) is 5.28. The fourth-order valence-electron chi connectivity index (χ4n) is 2.53. The Morgan fingerprint density at radius 2 is 1.82 bits per heavy atom. The lowest BCUT2D eigenvalue weighted by Gasteiger charge is -2.25. The summed E-state index contributed by atoms with van der Waals surface area (Å²) in [6, 6.07) is 16.4. The van der Waals surface area contributed by atoms with E-state index >= 15 is 0 Å². The molecule has 1 aromatic heterocycles. The van der Waals surface area contributed by atoms with Crippen molar-refractivity contribution in [2.24, 2.45) is 0 Å². The van der Waals surface area contributed by atoms with Gasteiger partial charge in [0.1, 0.15) is 0 Å². The topological polar surface area (TPSA) is 31.9 Å². The molecular formula is C18H18ClN3. The molecule has 3 rings (SSSR count). The fraction of sp³-hybridized carbons (Fsp3) is 0.167. The number of aromatic amines is 1. The summed E-state index contributed by atoms with van der Waals surface area (Å²) in [5.74, 6) is 0. The van der Waals surface area contributed by atoms with Gasteiger partial charge in [0.05, 0.1) is 16.9 Å². The highest BCUT2D eigenvalue weighted by atomic mass is 35.5. The van der Waals surface area contributed by atoms with Crippen LogP contribution in [0.5, 0.6) is 0 Å². The Labute approximate surface area is 135 Å². The number of benzene rings is 2. The molecule has 0 radical (unpaired) electrons. The first-order chi connectivity index (χ1) is 10.8. The van der Waals surface area contributed by atoms with Crippen LogP contribution in [0, 0.1) is 0 Å². The van der Waals surface area contributed by atoms with Crippen LogP contribution in [0.1, 0.15) is 13.3 Å². The molecule has 2 aromatic carbocycles. The molecule has 0 spiro atoms. The number of nitrogens with zero attached hydrogens (tertiary/aromatic N) is 2. The quantitative estimate of drug-likeness (QED) is 0.695. The van der Waals surface area contributed by atoms with Gasteiger partial charge in [-0.2, -0.15) is 5.10 Å². The molecular weight excluding hydrogens is 294 g/mol. The molecule has 0 aliphatic heterocycles. The highest BCUT2D eigenvalue weighted by Crippen LogP contribution is 2.32. The minimum absolute atomic E-state index is 0.773. The third-order valence-corrected chi connectivity index (χ3v) is 3.92. The minimum atomic E-state index is 0.773. The van der Waals surface area contributed by atoms with Gasteiger partial charge in [-0.1, -0.05) is 42.8 Å². The lowest BCUT2D eigenvalue weighted by atomic mass is 10.1. The van der Waals surface area contributed by atoms with Crippen LogP contribution < -0.4 is 4.90 Å². The van der Waals surface area contributed by atoms with Gasteiger partial charge in [-0.25, -0.2) is 0 Å². The van der Waals surface area contributed by atoms with Crippen LogP contribution in [0.3, 0.4) is 0 Å². The van der Waals surface area contributed by atoms with Crippen molar-refractivity contribution in [3.05, 3.63) is 65.9 Å². The van der Waals surface area contributed by atoms with Gasteiger partial charge in [-0.15, -0.1) is 0 Å². The standard InChI is InChI=1S/C18H18ClN3/c1-2-11-22(18-6-4-3-5-17(18)19)16-9-7-14(8-10-16)15-12-20-21-13-15/h3-10,12-13H,2,11H2,1H3,(H,20,21). The highest BCUT2D eigenvalue weighted by Gasteiger charge is 2.11. The first-order valence-electron chi connectivity index (χ1n) is 7.41. The van der Waals surface area contributed by atoms with Crippen LogP contribution in [0.2, 0.25) is 5.02 Å². The number of halogens is 1. The molecule has 0 bridgehead atoms. The Morgan fingerprint density at radius 1 is 1.05 bits per heavy atom. The number of H-pyrrole nitrogens is 1. The second kappa shape index (κ2) is 6.67. The molecule has 0 amide bonds. The number of para-hydroxylation sites is 1. The van der Waals surface area contributed by atoms with Crippen LogP contribution in [0.4, 0.5) is 11.4 Å². The van der Waals surface area contributed by atoms with Crippen molar-refractivity contribution >= 4 is 23.0 Å². The van der Waals surface area contributed by atoms with Crippen molar-refractivity contribution in [2.75, 3.05) is 11.4 Å². The summed E-state index contributed by atoms with van der Waals surface area (Å²) in [4.78, 5) is 2.25. The minimum Gasteiger partial charge on any atom is -0.340 e. The Kier molecular flexibility index (Phi) is 4.45. The summed E-state index contributed by atoms with van der Waals surface area (Å²) >= 11 is 6.36. The van der Waals surface area contributed by atoms with Gasteiger partial charge >= 0.3 is 0 Å². The van der Waals surface area contributed by atoms with Crippen molar-refractivity contribution in [1.29, 1.82) is 0 Å². The maximum absolute atomic E-state index is 6.36. The van der Waals surface area contributed by atoms with E-state index in [1.807, 2.05) is 30.6 Å². The Bertz CT molecular complexity index is 720. The highest BCUT2D eigenvalue weighted by molar-refractivity contribution is 6.33. The van der Waals surface area contributed by atoms with Gasteiger partial charge in [0.2, 0.25) is 0 Å². The third-order valence-electron chi connectivity index (χ3n) is 3.60. The van der Waals surface area contributed by atoms with Gasteiger partial charge in [-0.05, 0) is 36.2 Å². The number of anilines is 2. The number of nitrogens with one attached hydrogen (secondary N) is 1. The van der Waals surface area contributed by atoms with Gasteiger partial charge < -0.3 is 4.90 Å². The van der Waals surface area contributed by atoms with E-state index in [1.54, 1.807) is 0 Å². The van der Waals surface area contributed by atoms with E-state index in [2.05, 4.69) is 52.4 Å².